The van der Waals surface area contributed by atoms with E-state index in [2.05, 4.69) is 0 Å². The summed E-state index contributed by atoms with van der Waals surface area (Å²) >= 11 is 0. The highest BCUT2D eigenvalue weighted by Crippen LogP contribution is 2.36. The second-order valence-corrected chi connectivity index (χ2v) is 5.41. The molecule has 2 aromatic rings. The molecule has 3 rings (SSSR count). The van der Waals surface area contributed by atoms with Crippen LogP contribution in [0.25, 0.3) is 0 Å². The van der Waals surface area contributed by atoms with E-state index in [1.165, 1.54) is 0 Å². The van der Waals surface area contributed by atoms with Crippen LogP contribution in [-0.2, 0) is 9.47 Å². The van der Waals surface area contributed by atoms with Crippen LogP contribution in [0.15, 0.2) is 48.5 Å². The second-order valence-electron chi connectivity index (χ2n) is 5.41. The summed E-state index contributed by atoms with van der Waals surface area (Å²) in [6.07, 6.45) is 0.843. The van der Waals surface area contributed by atoms with Gasteiger partial charge in [-0.1, -0.05) is 18.2 Å². The molecule has 1 heterocycles. The van der Waals surface area contributed by atoms with E-state index in [-0.39, 0.29) is 25.3 Å². The van der Waals surface area contributed by atoms with Crippen molar-refractivity contribution in [2.75, 3.05) is 26.9 Å². The molecule has 5 nitrogen and oxygen atoms in total. The van der Waals surface area contributed by atoms with E-state index >= 15 is 0 Å². The number of carbonyl (C=O) groups excluding carboxylic acids is 1. The maximum absolute atomic E-state index is 11.8. The van der Waals surface area contributed by atoms with Gasteiger partial charge in [0.25, 0.3) is 0 Å². The molecular weight excluding hydrogens is 308 g/mol. The van der Waals surface area contributed by atoms with Gasteiger partial charge in [-0.25, -0.2) is 4.79 Å². The third-order valence-corrected chi connectivity index (χ3v) is 3.84. The average molecular weight is 328 g/mol. The lowest BCUT2D eigenvalue weighted by molar-refractivity contribution is 0.0449. The van der Waals surface area contributed by atoms with Crippen molar-refractivity contribution in [3.05, 3.63) is 59.7 Å². The van der Waals surface area contributed by atoms with Gasteiger partial charge in [0.1, 0.15) is 24.7 Å². The average Bonchev–Trinajstić information content (AvgIpc) is 2.65. The molecule has 5 heteroatoms. The second kappa shape index (κ2) is 7.84. The third kappa shape index (κ3) is 3.86. The summed E-state index contributed by atoms with van der Waals surface area (Å²) in [5, 5.41) is 0. The molecule has 1 unspecified atom stereocenters. The zero-order valence-corrected chi connectivity index (χ0v) is 13.6. The van der Waals surface area contributed by atoms with Gasteiger partial charge in [0.15, 0.2) is 0 Å². The molecule has 0 saturated carbocycles. The van der Waals surface area contributed by atoms with Gasteiger partial charge in [0, 0.05) is 19.1 Å². The molecule has 1 atom stereocenters. The van der Waals surface area contributed by atoms with Gasteiger partial charge in [-0.15, -0.1) is 0 Å². The van der Waals surface area contributed by atoms with Crippen LogP contribution >= 0.6 is 0 Å². The van der Waals surface area contributed by atoms with Crippen LogP contribution < -0.4 is 9.47 Å². The Labute approximate surface area is 141 Å². The Bertz CT molecular complexity index is 683. The Kier molecular flexibility index (Phi) is 5.33. The minimum absolute atomic E-state index is 0.0215. The molecule has 0 aliphatic carbocycles. The minimum atomic E-state index is -0.350. The van der Waals surface area contributed by atoms with E-state index in [1.54, 1.807) is 31.4 Å². The van der Waals surface area contributed by atoms with Crippen molar-refractivity contribution < 1.29 is 23.7 Å². The van der Waals surface area contributed by atoms with Crippen LogP contribution in [0.3, 0.4) is 0 Å². The molecule has 1 aliphatic heterocycles. The normalized spacial score (nSPS) is 16.0. The van der Waals surface area contributed by atoms with E-state index in [0.717, 1.165) is 17.7 Å². The lowest BCUT2D eigenvalue weighted by Crippen LogP contribution is -2.16. The summed E-state index contributed by atoms with van der Waals surface area (Å²) in [5.74, 6) is 1.19. The van der Waals surface area contributed by atoms with Crippen molar-refractivity contribution in [3.63, 3.8) is 0 Å². The molecule has 0 aromatic heterocycles. The van der Waals surface area contributed by atoms with E-state index in [1.807, 2.05) is 24.3 Å². The van der Waals surface area contributed by atoms with E-state index in [4.69, 9.17) is 18.9 Å². The summed E-state index contributed by atoms with van der Waals surface area (Å²) in [4.78, 5) is 11.8. The smallest absolute Gasteiger partial charge is 0.338 e. The number of methoxy groups -OCH3 is 1. The summed E-state index contributed by atoms with van der Waals surface area (Å²) in [7, 11) is 1.69. The molecule has 2 aromatic carbocycles. The summed E-state index contributed by atoms with van der Waals surface area (Å²) in [6, 6.07) is 14.5. The highest BCUT2D eigenvalue weighted by molar-refractivity contribution is 5.89. The SMILES string of the molecule is COC1CCOc2ccc(OCCOC(=O)c3ccccc3)cc21. The molecule has 0 N–H and O–H groups in total. The number of hydrogen-bond donors (Lipinski definition) is 0. The predicted octanol–water partition coefficient (Wildman–Crippen LogP) is 3.39. The Hall–Kier alpha value is -2.53. The van der Waals surface area contributed by atoms with Gasteiger partial charge in [0.05, 0.1) is 18.3 Å². The van der Waals surface area contributed by atoms with Gasteiger partial charge in [0.2, 0.25) is 0 Å². The number of hydrogen-bond acceptors (Lipinski definition) is 5. The van der Waals surface area contributed by atoms with Crippen LogP contribution in [-0.4, -0.2) is 32.9 Å². The van der Waals surface area contributed by atoms with Crippen molar-refractivity contribution in [1.82, 2.24) is 0 Å². The third-order valence-electron chi connectivity index (χ3n) is 3.84. The Morgan fingerprint density at radius 1 is 1.17 bits per heavy atom. The van der Waals surface area contributed by atoms with Crippen molar-refractivity contribution in [3.8, 4) is 11.5 Å². The van der Waals surface area contributed by atoms with Crippen LogP contribution in [0.2, 0.25) is 0 Å². The lowest BCUT2D eigenvalue weighted by Gasteiger charge is -2.25. The topological polar surface area (TPSA) is 54.0 Å². The molecule has 0 radical (unpaired) electrons. The first-order valence-corrected chi connectivity index (χ1v) is 7.92. The molecule has 1 aliphatic rings. The number of esters is 1. The van der Waals surface area contributed by atoms with Crippen LogP contribution in [0.4, 0.5) is 0 Å². The number of carbonyl (C=O) groups is 1. The molecule has 24 heavy (non-hydrogen) atoms. The Morgan fingerprint density at radius 3 is 2.79 bits per heavy atom. The fraction of sp³-hybridized carbons (Fsp3) is 0.316. The quantitative estimate of drug-likeness (QED) is 0.601. The van der Waals surface area contributed by atoms with Crippen LogP contribution in [0, 0.1) is 0 Å². The van der Waals surface area contributed by atoms with Crippen molar-refractivity contribution in [2.45, 2.75) is 12.5 Å². The molecule has 0 fully saturated rings. The van der Waals surface area contributed by atoms with Gasteiger partial charge < -0.3 is 18.9 Å². The largest absolute Gasteiger partial charge is 0.493 e. The van der Waals surface area contributed by atoms with E-state index < -0.39 is 0 Å². The van der Waals surface area contributed by atoms with Gasteiger partial charge in [-0.3, -0.25) is 0 Å². The zero-order valence-electron chi connectivity index (χ0n) is 13.6. The molecule has 0 amide bonds. The standard InChI is InChI=1S/C19H20O5/c1-21-17-9-10-23-18-8-7-15(13-16(17)18)22-11-12-24-19(20)14-5-3-2-4-6-14/h2-8,13,17H,9-12H2,1H3. The first-order valence-electron chi connectivity index (χ1n) is 7.92. The molecular formula is C19H20O5. The fourth-order valence-electron chi connectivity index (χ4n) is 2.63. The van der Waals surface area contributed by atoms with E-state index in [0.29, 0.717) is 17.9 Å². The maximum atomic E-state index is 11.8. The van der Waals surface area contributed by atoms with Gasteiger partial charge >= 0.3 is 5.97 Å². The summed E-state index contributed by atoms with van der Waals surface area (Å²) in [6.45, 7) is 1.13. The van der Waals surface area contributed by atoms with Gasteiger partial charge in [-0.05, 0) is 30.3 Å². The predicted molar refractivity (Wildman–Crippen MR) is 88.5 cm³/mol. The fourth-order valence-corrected chi connectivity index (χ4v) is 2.63. The molecule has 0 spiro atoms. The Balaban J connectivity index is 1.51. The number of benzene rings is 2. The monoisotopic (exact) mass is 328 g/mol. The molecule has 0 bridgehead atoms. The zero-order chi connectivity index (χ0) is 16.8. The number of fused-ring (bicyclic) bond motifs is 1. The highest BCUT2D eigenvalue weighted by atomic mass is 16.6. The van der Waals surface area contributed by atoms with Crippen LogP contribution in [0.5, 0.6) is 11.5 Å². The van der Waals surface area contributed by atoms with Crippen LogP contribution in [0.1, 0.15) is 28.4 Å². The highest BCUT2D eigenvalue weighted by Gasteiger charge is 2.21. The molecule has 126 valence electrons. The first kappa shape index (κ1) is 16.3. The minimum Gasteiger partial charge on any atom is -0.493 e. The van der Waals surface area contributed by atoms with Crippen molar-refractivity contribution in [2.24, 2.45) is 0 Å². The number of ether oxygens (including phenoxy) is 4. The summed E-state index contributed by atoms with van der Waals surface area (Å²) < 4.78 is 21.9. The van der Waals surface area contributed by atoms with Crippen molar-refractivity contribution >= 4 is 5.97 Å². The molecule has 0 saturated heterocycles. The Morgan fingerprint density at radius 2 is 2.00 bits per heavy atom. The van der Waals surface area contributed by atoms with Crippen molar-refractivity contribution in [1.29, 1.82) is 0 Å². The van der Waals surface area contributed by atoms with E-state index in [9.17, 15) is 4.79 Å². The summed E-state index contributed by atoms with van der Waals surface area (Å²) in [5.41, 5.74) is 1.52. The van der Waals surface area contributed by atoms with Gasteiger partial charge in [-0.2, -0.15) is 0 Å². The first-order chi connectivity index (χ1) is 11.8. The lowest BCUT2D eigenvalue weighted by atomic mass is 10.0. The maximum Gasteiger partial charge on any atom is 0.338 e. The number of rotatable bonds is 6.